The second kappa shape index (κ2) is 3.78. The maximum Gasteiger partial charge on any atom is 0.119 e. The average molecular weight is 186 g/mol. The van der Waals surface area contributed by atoms with Crippen molar-refractivity contribution in [1.82, 2.24) is 0 Å². The molecule has 12 heavy (non-hydrogen) atoms. The van der Waals surface area contributed by atoms with Gasteiger partial charge in [-0.15, -0.1) is 0 Å². The van der Waals surface area contributed by atoms with Crippen molar-refractivity contribution >= 4 is 11.6 Å². The van der Waals surface area contributed by atoms with Crippen LogP contribution in [0.4, 0.5) is 0 Å². The smallest absolute Gasteiger partial charge is 0.119 e. The Hall–Kier alpha value is -0.730. The van der Waals surface area contributed by atoms with Crippen LogP contribution in [-0.2, 0) is 6.42 Å². The maximum absolute atomic E-state index is 9.43. The van der Waals surface area contributed by atoms with E-state index < -0.39 is 0 Å². The zero-order chi connectivity index (χ0) is 9.14. The Balaban J connectivity index is 3.14. The lowest BCUT2D eigenvalue weighted by Crippen LogP contribution is -2.04. The highest BCUT2D eigenvalue weighted by Gasteiger charge is 2.06. The van der Waals surface area contributed by atoms with Crippen molar-refractivity contribution in [3.05, 3.63) is 28.3 Å². The molecule has 0 amide bonds. The summed E-state index contributed by atoms with van der Waals surface area (Å²) in [6.07, 6.45) is 0.665. The van der Waals surface area contributed by atoms with Gasteiger partial charge in [-0.2, -0.15) is 0 Å². The van der Waals surface area contributed by atoms with Crippen molar-refractivity contribution in [2.75, 3.05) is 6.54 Å². The summed E-state index contributed by atoms with van der Waals surface area (Å²) in [6, 6.07) is 3.28. The fourth-order valence-electron chi connectivity index (χ4n) is 1.17. The number of hydrogen-bond acceptors (Lipinski definition) is 2. The van der Waals surface area contributed by atoms with Crippen LogP contribution in [0.15, 0.2) is 12.1 Å². The third-order valence-corrected chi connectivity index (χ3v) is 2.31. The highest BCUT2D eigenvalue weighted by atomic mass is 35.5. The summed E-state index contributed by atoms with van der Waals surface area (Å²) in [6.45, 7) is 2.40. The minimum absolute atomic E-state index is 0.280. The van der Waals surface area contributed by atoms with E-state index in [0.29, 0.717) is 18.0 Å². The molecule has 0 aromatic heterocycles. The Labute approximate surface area is 77.0 Å². The minimum Gasteiger partial charge on any atom is -0.508 e. The summed E-state index contributed by atoms with van der Waals surface area (Å²) in [7, 11) is 0. The molecular formula is C9H12ClNO. The van der Waals surface area contributed by atoms with E-state index in [1.807, 2.05) is 6.92 Å². The molecule has 0 aliphatic carbocycles. The third-order valence-electron chi connectivity index (χ3n) is 1.90. The molecule has 0 saturated heterocycles. The van der Waals surface area contributed by atoms with Crippen molar-refractivity contribution in [2.24, 2.45) is 5.73 Å². The lowest BCUT2D eigenvalue weighted by Gasteiger charge is -2.08. The van der Waals surface area contributed by atoms with E-state index in [2.05, 4.69) is 0 Å². The lowest BCUT2D eigenvalue weighted by atomic mass is 10.0. The highest BCUT2D eigenvalue weighted by Crippen LogP contribution is 2.27. The molecule has 2 nitrogen and oxygen atoms in total. The van der Waals surface area contributed by atoms with Gasteiger partial charge in [-0.25, -0.2) is 0 Å². The van der Waals surface area contributed by atoms with E-state index >= 15 is 0 Å². The molecule has 0 aliphatic rings. The van der Waals surface area contributed by atoms with Crippen molar-refractivity contribution in [1.29, 1.82) is 0 Å². The highest BCUT2D eigenvalue weighted by molar-refractivity contribution is 6.31. The Morgan fingerprint density at radius 3 is 2.75 bits per heavy atom. The number of rotatable bonds is 2. The van der Waals surface area contributed by atoms with Gasteiger partial charge in [0.25, 0.3) is 0 Å². The Bertz CT molecular complexity index is 286. The molecule has 0 fully saturated rings. The summed E-state index contributed by atoms with van der Waals surface area (Å²) >= 11 is 5.87. The topological polar surface area (TPSA) is 46.2 Å². The molecule has 0 spiro atoms. The molecule has 3 N–H and O–H groups in total. The molecule has 1 aromatic carbocycles. The number of benzene rings is 1. The van der Waals surface area contributed by atoms with Crippen molar-refractivity contribution in [3.63, 3.8) is 0 Å². The molecule has 0 heterocycles. The molecule has 0 unspecified atom stereocenters. The Kier molecular flexibility index (Phi) is 2.95. The summed E-state index contributed by atoms with van der Waals surface area (Å²) in [5.41, 5.74) is 7.16. The van der Waals surface area contributed by atoms with Gasteiger partial charge in [-0.3, -0.25) is 0 Å². The van der Waals surface area contributed by atoms with E-state index in [1.54, 1.807) is 12.1 Å². The zero-order valence-corrected chi connectivity index (χ0v) is 7.73. The van der Waals surface area contributed by atoms with Gasteiger partial charge in [0, 0.05) is 5.02 Å². The normalized spacial score (nSPS) is 10.2. The van der Waals surface area contributed by atoms with Gasteiger partial charge < -0.3 is 10.8 Å². The maximum atomic E-state index is 9.43. The molecule has 0 bridgehead atoms. The first-order valence-electron chi connectivity index (χ1n) is 3.84. The van der Waals surface area contributed by atoms with E-state index in [1.165, 1.54) is 0 Å². The summed E-state index contributed by atoms with van der Waals surface area (Å²) in [4.78, 5) is 0. The van der Waals surface area contributed by atoms with Crippen LogP contribution in [-0.4, -0.2) is 11.7 Å². The van der Waals surface area contributed by atoms with Crippen LogP contribution in [0.3, 0.4) is 0 Å². The standard InChI is InChI=1S/C9H12ClNO/c1-6-7(4-5-11)9(12)3-2-8(6)10/h2-3,12H,4-5,11H2,1H3. The molecular weight excluding hydrogens is 174 g/mol. The van der Waals surface area contributed by atoms with Gasteiger partial charge in [0.2, 0.25) is 0 Å². The lowest BCUT2D eigenvalue weighted by molar-refractivity contribution is 0.467. The van der Waals surface area contributed by atoms with E-state index in [0.717, 1.165) is 11.1 Å². The van der Waals surface area contributed by atoms with Gasteiger partial charge in [0.1, 0.15) is 5.75 Å². The van der Waals surface area contributed by atoms with E-state index in [9.17, 15) is 5.11 Å². The average Bonchev–Trinajstić information content (AvgIpc) is 2.06. The van der Waals surface area contributed by atoms with Gasteiger partial charge >= 0.3 is 0 Å². The van der Waals surface area contributed by atoms with Crippen LogP contribution >= 0.6 is 11.6 Å². The predicted octanol–water partition coefficient (Wildman–Crippen LogP) is 1.86. The fraction of sp³-hybridized carbons (Fsp3) is 0.333. The molecule has 0 saturated carbocycles. The number of phenolic OH excluding ortho intramolecular Hbond substituents is 1. The largest absolute Gasteiger partial charge is 0.508 e. The summed E-state index contributed by atoms with van der Waals surface area (Å²) in [5, 5.41) is 10.1. The molecule has 0 radical (unpaired) electrons. The second-order valence-corrected chi connectivity index (χ2v) is 3.12. The number of aromatic hydroxyl groups is 1. The van der Waals surface area contributed by atoms with E-state index in [-0.39, 0.29) is 5.75 Å². The van der Waals surface area contributed by atoms with Crippen LogP contribution in [0, 0.1) is 6.92 Å². The van der Waals surface area contributed by atoms with Gasteiger partial charge in [-0.1, -0.05) is 11.6 Å². The molecule has 1 aromatic rings. The van der Waals surface area contributed by atoms with Crippen LogP contribution in [0.1, 0.15) is 11.1 Å². The van der Waals surface area contributed by atoms with Crippen LogP contribution in [0.5, 0.6) is 5.75 Å². The monoisotopic (exact) mass is 185 g/mol. The number of hydrogen-bond donors (Lipinski definition) is 2. The second-order valence-electron chi connectivity index (χ2n) is 2.71. The predicted molar refractivity (Wildman–Crippen MR) is 50.6 cm³/mol. The SMILES string of the molecule is Cc1c(Cl)ccc(O)c1CCN. The molecule has 3 heteroatoms. The molecule has 0 aliphatic heterocycles. The fourth-order valence-corrected chi connectivity index (χ4v) is 1.35. The molecule has 0 atom stereocenters. The molecule has 66 valence electrons. The summed E-state index contributed by atoms with van der Waals surface area (Å²) in [5.74, 6) is 0.280. The van der Waals surface area contributed by atoms with Gasteiger partial charge in [0.15, 0.2) is 0 Å². The third kappa shape index (κ3) is 1.71. The number of halogens is 1. The number of phenols is 1. The Morgan fingerprint density at radius 2 is 2.17 bits per heavy atom. The minimum atomic E-state index is 0.280. The van der Waals surface area contributed by atoms with Gasteiger partial charge in [0.05, 0.1) is 0 Å². The zero-order valence-electron chi connectivity index (χ0n) is 6.97. The van der Waals surface area contributed by atoms with Crippen LogP contribution < -0.4 is 5.73 Å². The first kappa shape index (κ1) is 9.36. The van der Waals surface area contributed by atoms with Gasteiger partial charge in [-0.05, 0) is 43.1 Å². The first-order chi connectivity index (χ1) is 5.66. The molecule has 1 rings (SSSR count). The first-order valence-corrected chi connectivity index (χ1v) is 4.21. The van der Waals surface area contributed by atoms with Crippen LogP contribution in [0.25, 0.3) is 0 Å². The van der Waals surface area contributed by atoms with Crippen molar-refractivity contribution < 1.29 is 5.11 Å². The Morgan fingerprint density at radius 1 is 1.50 bits per heavy atom. The van der Waals surface area contributed by atoms with Crippen molar-refractivity contribution in [3.8, 4) is 5.75 Å². The van der Waals surface area contributed by atoms with E-state index in [4.69, 9.17) is 17.3 Å². The quantitative estimate of drug-likeness (QED) is 0.739. The number of nitrogens with two attached hydrogens (primary N) is 1. The van der Waals surface area contributed by atoms with Crippen LogP contribution in [0.2, 0.25) is 5.02 Å². The summed E-state index contributed by atoms with van der Waals surface area (Å²) < 4.78 is 0. The van der Waals surface area contributed by atoms with Crippen molar-refractivity contribution in [2.45, 2.75) is 13.3 Å².